The Bertz CT molecular complexity index is 511. The molecule has 4 nitrogen and oxygen atoms in total. The molecule has 90 valence electrons. The number of methoxy groups -OCH3 is 2. The molecule has 2 aromatic rings. The monoisotopic (exact) mass is 296 g/mol. The Morgan fingerprint density at radius 1 is 1.24 bits per heavy atom. The predicted molar refractivity (Wildman–Crippen MR) is 68.6 cm³/mol. The van der Waals surface area contributed by atoms with Crippen LogP contribution in [-0.4, -0.2) is 24.0 Å². The summed E-state index contributed by atoms with van der Waals surface area (Å²) in [5, 5.41) is 4.21. The van der Waals surface area contributed by atoms with Crippen molar-refractivity contribution in [2.45, 2.75) is 6.54 Å². The zero-order chi connectivity index (χ0) is 12.3. The van der Waals surface area contributed by atoms with Gasteiger partial charge in [0.25, 0.3) is 0 Å². The summed E-state index contributed by atoms with van der Waals surface area (Å²) in [6.45, 7) is 0.700. The minimum absolute atomic E-state index is 0.700. The highest BCUT2D eigenvalue weighted by Gasteiger charge is 2.05. The third kappa shape index (κ3) is 2.79. The number of hydrogen-bond acceptors (Lipinski definition) is 3. The standard InChI is InChI=1S/C12H13BrN2O2/c1-16-11-4-3-9(5-12(11)17-2)7-15-8-10(13)6-14-15/h3-6,8H,7H2,1-2H3. The lowest BCUT2D eigenvalue weighted by Gasteiger charge is -2.09. The van der Waals surface area contributed by atoms with Crippen molar-refractivity contribution < 1.29 is 9.47 Å². The molecule has 0 N–H and O–H groups in total. The molecule has 0 atom stereocenters. The van der Waals surface area contributed by atoms with Gasteiger partial charge in [-0.05, 0) is 33.6 Å². The van der Waals surface area contributed by atoms with Gasteiger partial charge < -0.3 is 9.47 Å². The second kappa shape index (κ2) is 5.23. The zero-order valence-corrected chi connectivity index (χ0v) is 11.3. The van der Waals surface area contributed by atoms with Crippen LogP contribution in [0.3, 0.4) is 0 Å². The molecule has 0 spiro atoms. The summed E-state index contributed by atoms with van der Waals surface area (Å²) in [5.41, 5.74) is 1.11. The minimum atomic E-state index is 0.700. The molecule has 1 aromatic carbocycles. The van der Waals surface area contributed by atoms with Gasteiger partial charge in [0.05, 0.1) is 31.4 Å². The Balaban J connectivity index is 2.22. The molecule has 0 unspecified atom stereocenters. The van der Waals surface area contributed by atoms with Crippen LogP contribution < -0.4 is 9.47 Å². The van der Waals surface area contributed by atoms with Crippen LogP contribution in [0.15, 0.2) is 35.1 Å². The SMILES string of the molecule is COc1ccc(Cn2cc(Br)cn2)cc1OC. The van der Waals surface area contributed by atoms with E-state index in [4.69, 9.17) is 9.47 Å². The number of halogens is 1. The molecule has 0 amide bonds. The molecule has 0 fully saturated rings. The van der Waals surface area contributed by atoms with Crippen LogP contribution in [0, 0.1) is 0 Å². The molecule has 0 aliphatic carbocycles. The van der Waals surface area contributed by atoms with Crippen LogP contribution in [0.25, 0.3) is 0 Å². The first-order chi connectivity index (χ1) is 8.22. The molecule has 1 heterocycles. The van der Waals surface area contributed by atoms with Crippen molar-refractivity contribution in [3.05, 3.63) is 40.6 Å². The molecule has 0 saturated heterocycles. The van der Waals surface area contributed by atoms with Crippen molar-refractivity contribution in [3.8, 4) is 11.5 Å². The van der Waals surface area contributed by atoms with Gasteiger partial charge in [-0.1, -0.05) is 6.07 Å². The van der Waals surface area contributed by atoms with Gasteiger partial charge in [0.15, 0.2) is 11.5 Å². The molecular formula is C12H13BrN2O2. The molecule has 0 bridgehead atoms. The van der Waals surface area contributed by atoms with Gasteiger partial charge in [-0.3, -0.25) is 4.68 Å². The summed E-state index contributed by atoms with van der Waals surface area (Å²) in [4.78, 5) is 0. The smallest absolute Gasteiger partial charge is 0.161 e. The maximum absolute atomic E-state index is 5.26. The quantitative estimate of drug-likeness (QED) is 0.870. The molecule has 2 rings (SSSR count). The average Bonchev–Trinajstić information content (AvgIpc) is 2.74. The average molecular weight is 297 g/mol. The van der Waals surface area contributed by atoms with E-state index in [1.807, 2.05) is 29.1 Å². The Morgan fingerprint density at radius 3 is 2.59 bits per heavy atom. The van der Waals surface area contributed by atoms with E-state index < -0.39 is 0 Å². The second-order valence-corrected chi connectivity index (χ2v) is 4.46. The maximum atomic E-state index is 5.26. The predicted octanol–water partition coefficient (Wildman–Crippen LogP) is 2.71. The van der Waals surface area contributed by atoms with Gasteiger partial charge in [-0.15, -0.1) is 0 Å². The molecule has 17 heavy (non-hydrogen) atoms. The second-order valence-electron chi connectivity index (χ2n) is 3.55. The van der Waals surface area contributed by atoms with Gasteiger partial charge in [0, 0.05) is 6.20 Å². The third-order valence-electron chi connectivity index (χ3n) is 2.39. The lowest BCUT2D eigenvalue weighted by Crippen LogP contribution is -2.00. The molecule has 0 radical (unpaired) electrons. The van der Waals surface area contributed by atoms with E-state index >= 15 is 0 Å². The van der Waals surface area contributed by atoms with Crippen LogP contribution in [0.5, 0.6) is 11.5 Å². The Morgan fingerprint density at radius 2 is 2.00 bits per heavy atom. The molecule has 5 heteroatoms. The van der Waals surface area contributed by atoms with Crippen molar-refractivity contribution in [3.63, 3.8) is 0 Å². The Kier molecular flexibility index (Phi) is 3.68. The molecule has 1 aromatic heterocycles. The van der Waals surface area contributed by atoms with E-state index in [2.05, 4.69) is 21.0 Å². The Hall–Kier alpha value is -1.49. The van der Waals surface area contributed by atoms with Crippen molar-refractivity contribution in [1.82, 2.24) is 9.78 Å². The summed E-state index contributed by atoms with van der Waals surface area (Å²) in [5.74, 6) is 1.47. The van der Waals surface area contributed by atoms with E-state index in [0.717, 1.165) is 21.5 Å². The largest absolute Gasteiger partial charge is 0.493 e. The molecule has 0 saturated carbocycles. The van der Waals surface area contributed by atoms with Crippen molar-refractivity contribution in [2.75, 3.05) is 14.2 Å². The van der Waals surface area contributed by atoms with Gasteiger partial charge >= 0.3 is 0 Å². The lowest BCUT2D eigenvalue weighted by molar-refractivity contribution is 0.354. The first kappa shape index (κ1) is 12.0. The normalized spacial score (nSPS) is 10.3. The highest BCUT2D eigenvalue weighted by molar-refractivity contribution is 9.10. The van der Waals surface area contributed by atoms with E-state index in [-0.39, 0.29) is 0 Å². The topological polar surface area (TPSA) is 36.3 Å². The van der Waals surface area contributed by atoms with Gasteiger partial charge in [-0.25, -0.2) is 0 Å². The Labute approximate surface area is 108 Å². The molecule has 0 aliphatic rings. The number of nitrogens with zero attached hydrogens (tertiary/aromatic N) is 2. The number of hydrogen-bond donors (Lipinski definition) is 0. The first-order valence-corrected chi connectivity index (χ1v) is 5.91. The fraction of sp³-hybridized carbons (Fsp3) is 0.250. The third-order valence-corrected chi connectivity index (χ3v) is 2.80. The van der Waals surface area contributed by atoms with Crippen LogP contribution in [0.4, 0.5) is 0 Å². The van der Waals surface area contributed by atoms with Crippen molar-refractivity contribution in [1.29, 1.82) is 0 Å². The highest BCUT2D eigenvalue weighted by Crippen LogP contribution is 2.27. The first-order valence-electron chi connectivity index (χ1n) is 5.12. The lowest BCUT2D eigenvalue weighted by atomic mass is 10.2. The summed E-state index contributed by atoms with van der Waals surface area (Å²) in [7, 11) is 3.26. The zero-order valence-electron chi connectivity index (χ0n) is 9.68. The van der Waals surface area contributed by atoms with Crippen LogP contribution in [0.1, 0.15) is 5.56 Å². The van der Waals surface area contributed by atoms with Crippen LogP contribution >= 0.6 is 15.9 Å². The van der Waals surface area contributed by atoms with Gasteiger partial charge in [0.1, 0.15) is 0 Å². The van der Waals surface area contributed by atoms with E-state index in [1.165, 1.54) is 0 Å². The van der Waals surface area contributed by atoms with Crippen LogP contribution in [0.2, 0.25) is 0 Å². The minimum Gasteiger partial charge on any atom is -0.493 e. The number of aromatic nitrogens is 2. The number of ether oxygens (including phenoxy) is 2. The van der Waals surface area contributed by atoms with E-state index in [1.54, 1.807) is 20.4 Å². The fourth-order valence-corrected chi connectivity index (χ4v) is 1.92. The number of benzene rings is 1. The highest BCUT2D eigenvalue weighted by atomic mass is 79.9. The van der Waals surface area contributed by atoms with Crippen LogP contribution in [-0.2, 0) is 6.54 Å². The summed E-state index contributed by atoms with van der Waals surface area (Å²) in [6.07, 6.45) is 3.69. The molecular weight excluding hydrogens is 284 g/mol. The summed E-state index contributed by atoms with van der Waals surface area (Å²) < 4.78 is 13.3. The van der Waals surface area contributed by atoms with E-state index in [9.17, 15) is 0 Å². The fourth-order valence-electron chi connectivity index (χ4n) is 1.59. The van der Waals surface area contributed by atoms with Crippen molar-refractivity contribution in [2.24, 2.45) is 0 Å². The van der Waals surface area contributed by atoms with Gasteiger partial charge in [0.2, 0.25) is 0 Å². The van der Waals surface area contributed by atoms with E-state index in [0.29, 0.717) is 6.54 Å². The van der Waals surface area contributed by atoms with Crippen molar-refractivity contribution >= 4 is 15.9 Å². The number of rotatable bonds is 4. The molecule has 0 aliphatic heterocycles. The maximum Gasteiger partial charge on any atom is 0.161 e. The van der Waals surface area contributed by atoms with Gasteiger partial charge in [-0.2, -0.15) is 5.10 Å². The summed E-state index contributed by atoms with van der Waals surface area (Å²) in [6, 6.07) is 5.85. The summed E-state index contributed by atoms with van der Waals surface area (Å²) >= 11 is 3.37.